The third-order valence-corrected chi connectivity index (χ3v) is 3.94. The Bertz CT molecular complexity index is 743. The van der Waals surface area contributed by atoms with Crippen LogP contribution in [0.3, 0.4) is 0 Å². The van der Waals surface area contributed by atoms with E-state index in [4.69, 9.17) is 0 Å². The molecule has 0 aliphatic heterocycles. The number of nitrogens with zero attached hydrogens (tertiary/aromatic N) is 1. The Morgan fingerprint density at radius 2 is 2.09 bits per heavy atom. The van der Waals surface area contributed by atoms with E-state index >= 15 is 0 Å². The summed E-state index contributed by atoms with van der Waals surface area (Å²) in [6.45, 7) is 4.01. The van der Waals surface area contributed by atoms with Gasteiger partial charge in [-0.15, -0.1) is 0 Å². The average Bonchev–Trinajstić information content (AvgIpc) is 2.42. The SMILES string of the molecule is Cc1ccc(NC(=O)CCSc2nc(O)cc(=O)[nH]2)cc1C. The smallest absolute Gasteiger partial charge is 0.255 e. The molecule has 1 aromatic heterocycles. The van der Waals surface area contributed by atoms with Crippen molar-refractivity contribution < 1.29 is 9.90 Å². The number of H-pyrrole nitrogens is 1. The number of anilines is 1. The minimum absolute atomic E-state index is 0.113. The number of carbonyl (C=O) groups is 1. The summed E-state index contributed by atoms with van der Waals surface area (Å²) in [5.41, 5.74) is 2.64. The summed E-state index contributed by atoms with van der Waals surface area (Å²) in [6, 6.07) is 6.74. The molecule has 0 spiro atoms. The molecule has 1 heterocycles. The average molecular weight is 319 g/mol. The first-order valence-corrected chi connectivity index (χ1v) is 7.73. The molecule has 2 rings (SSSR count). The Morgan fingerprint density at radius 1 is 1.32 bits per heavy atom. The van der Waals surface area contributed by atoms with Crippen LogP contribution in [0.15, 0.2) is 34.2 Å². The van der Waals surface area contributed by atoms with Crippen LogP contribution in [0, 0.1) is 13.8 Å². The van der Waals surface area contributed by atoms with Gasteiger partial charge in [0.25, 0.3) is 5.56 Å². The fourth-order valence-electron chi connectivity index (χ4n) is 1.77. The molecule has 0 saturated carbocycles. The molecule has 1 amide bonds. The predicted octanol–water partition coefficient (Wildman–Crippen LogP) is 2.21. The lowest BCUT2D eigenvalue weighted by molar-refractivity contribution is -0.115. The second kappa shape index (κ2) is 7.13. The normalized spacial score (nSPS) is 10.5. The number of amides is 1. The molecule has 0 unspecified atom stereocenters. The Morgan fingerprint density at radius 3 is 2.77 bits per heavy atom. The molecular formula is C15H17N3O3S. The number of aromatic nitrogens is 2. The topological polar surface area (TPSA) is 95.1 Å². The van der Waals surface area contributed by atoms with Crippen LogP contribution in [-0.4, -0.2) is 26.7 Å². The minimum atomic E-state index is -0.422. The molecule has 0 saturated heterocycles. The minimum Gasteiger partial charge on any atom is -0.493 e. The maximum absolute atomic E-state index is 11.9. The molecule has 0 atom stereocenters. The lowest BCUT2D eigenvalue weighted by Gasteiger charge is -2.07. The summed E-state index contributed by atoms with van der Waals surface area (Å²) in [7, 11) is 0. The number of carbonyl (C=O) groups excluding carboxylic acids is 1. The van der Waals surface area contributed by atoms with Gasteiger partial charge in [-0.05, 0) is 37.1 Å². The molecule has 0 fully saturated rings. The van der Waals surface area contributed by atoms with Crippen molar-refractivity contribution in [1.82, 2.24) is 9.97 Å². The van der Waals surface area contributed by atoms with Crippen molar-refractivity contribution in [2.75, 3.05) is 11.1 Å². The summed E-state index contributed by atoms with van der Waals surface area (Å²) in [6.07, 6.45) is 0.275. The first-order valence-electron chi connectivity index (χ1n) is 6.74. The molecule has 2 aromatic rings. The van der Waals surface area contributed by atoms with Crippen LogP contribution in [-0.2, 0) is 4.79 Å². The molecule has 0 aliphatic carbocycles. The van der Waals surface area contributed by atoms with Gasteiger partial charge in [0, 0.05) is 17.9 Å². The standard InChI is InChI=1S/C15H17N3O3S/c1-9-3-4-11(7-10(9)2)16-12(19)5-6-22-15-17-13(20)8-14(21)18-15/h3-4,7-8H,5-6H2,1-2H3,(H,16,19)(H2,17,18,20,21). The summed E-state index contributed by atoms with van der Waals surface area (Å²) in [5.74, 6) is 0.00683. The van der Waals surface area contributed by atoms with E-state index in [1.807, 2.05) is 32.0 Å². The van der Waals surface area contributed by atoms with Crippen LogP contribution in [0.25, 0.3) is 0 Å². The highest BCUT2D eigenvalue weighted by molar-refractivity contribution is 7.99. The number of nitrogens with one attached hydrogen (secondary N) is 2. The quantitative estimate of drug-likeness (QED) is 0.580. The third-order valence-electron chi connectivity index (χ3n) is 3.06. The highest BCUT2D eigenvalue weighted by Crippen LogP contribution is 2.16. The van der Waals surface area contributed by atoms with Crippen molar-refractivity contribution in [3.63, 3.8) is 0 Å². The molecule has 116 valence electrons. The maximum atomic E-state index is 11.9. The van der Waals surface area contributed by atoms with Gasteiger partial charge < -0.3 is 15.4 Å². The second-order valence-corrected chi connectivity index (χ2v) is 5.94. The highest BCUT2D eigenvalue weighted by Gasteiger charge is 2.06. The van der Waals surface area contributed by atoms with Crippen molar-refractivity contribution in [2.45, 2.75) is 25.4 Å². The molecule has 0 radical (unpaired) electrons. The van der Waals surface area contributed by atoms with E-state index in [2.05, 4.69) is 15.3 Å². The van der Waals surface area contributed by atoms with Crippen molar-refractivity contribution in [3.05, 3.63) is 45.7 Å². The number of hydrogen-bond donors (Lipinski definition) is 3. The van der Waals surface area contributed by atoms with Gasteiger partial charge >= 0.3 is 0 Å². The number of thioether (sulfide) groups is 1. The number of benzene rings is 1. The van der Waals surface area contributed by atoms with E-state index in [0.29, 0.717) is 10.9 Å². The number of rotatable bonds is 5. The van der Waals surface area contributed by atoms with E-state index in [-0.39, 0.29) is 18.2 Å². The highest BCUT2D eigenvalue weighted by atomic mass is 32.2. The van der Waals surface area contributed by atoms with Crippen molar-refractivity contribution >= 4 is 23.4 Å². The van der Waals surface area contributed by atoms with Gasteiger partial charge in [-0.3, -0.25) is 9.59 Å². The lowest BCUT2D eigenvalue weighted by atomic mass is 10.1. The lowest BCUT2D eigenvalue weighted by Crippen LogP contribution is -2.13. The molecule has 7 heteroatoms. The zero-order chi connectivity index (χ0) is 16.1. The Kier molecular flexibility index (Phi) is 5.21. The fourth-order valence-corrected chi connectivity index (χ4v) is 2.59. The summed E-state index contributed by atoms with van der Waals surface area (Å²) < 4.78 is 0. The Balaban J connectivity index is 1.85. The van der Waals surface area contributed by atoms with Crippen LogP contribution < -0.4 is 10.9 Å². The molecule has 0 aliphatic rings. The molecule has 6 nitrogen and oxygen atoms in total. The zero-order valence-corrected chi connectivity index (χ0v) is 13.2. The van der Waals surface area contributed by atoms with E-state index in [0.717, 1.165) is 17.3 Å². The number of aryl methyl sites for hydroxylation is 2. The molecule has 3 N–H and O–H groups in total. The molecule has 0 bridgehead atoms. The maximum Gasteiger partial charge on any atom is 0.255 e. The van der Waals surface area contributed by atoms with Gasteiger partial charge in [-0.25, -0.2) is 0 Å². The van der Waals surface area contributed by atoms with Crippen LogP contribution in [0.5, 0.6) is 5.88 Å². The predicted molar refractivity (Wildman–Crippen MR) is 86.4 cm³/mol. The van der Waals surface area contributed by atoms with E-state index in [1.165, 1.54) is 17.3 Å². The van der Waals surface area contributed by atoms with E-state index in [9.17, 15) is 14.7 Å². The van der Waals surface area contributed by atoms with Crippen molar-refractivity contribution in [1.29, 1.82) is 0 Å². The van der Waals surface area contributed by atoms with Crippen LogP contribution >= 0.6 is 11.8 Å². The van der Waals surface area contributed by atoms with Gasteiger partial charge in [0.15, 0.2) is 5.16 Å². The van der Waals surface area contributed by atoms with Gasteiger partial charge in [0.2, 0.25) is 11.8 Å². The van der Waals surface area contributed by atoms with E-state index < -0.39 is 5.56 Å². The largest absolute Gasteiger partial charge is 0.493 e. The monoisotopic (exact) mass is 319 g/mol. The number of hydrogen-bond acceptors (Lipinski definition) is 5. The van der Waals surface area contributed by atoms with Crippen LogP contribution in [0.2, 0.25) is 0 Å². The van der Waals surface area contributed by atoms with Gasteiger partial charge in [-0.1, -0.05) is 17.8 Å². The first-order chi connectivity index (χ1) is 10.4. The van der Waals surface area contributed by atoms with Crippen molar-refractivity contribution in [2.24, 2.45) is 0 Å². The fraction of sp³-hybridized carbons (Fsp3) is 0.267. The first kappa shape index (κ1) is 16.1. The molecule has 22 heavy (non-hydrogen) atoms. The summed E-state index contributed by atoms with van der Waals surface area (Å²) >= 11 is 1.21. The number of aromatic amines is 1. The molecule has 1 aromatic carbocycles. The Hall–Kier alpha value is -2.28. The van der Waals surface area contributed by atoms with Crippen LogP contribution in [0.4, 0.5) is 5.69 Å². The zero-order valence-electron chi connectivity index (χ0n) is 12.3. The van der Waals surface area contributed by atoms with Crippen LogP contribution in [0.1, 0.15) is 17.5 Å². The molecular weight excluding hydrogens is 302 g/mol. The van der Waals surface area contributed by atoms with E-state index in [1.54, 1.807) is 0 Å². The Labute approximate surface area is 132 Å². The van der Waals surface area contributed by atoms with Gasteiger partial charge in [-0.2, -0.15) is 4.98 Å². The number of aromatic hydroxyl groups is 1. The van der Waals surface area contributed by atoms with Gasteiger partial charge in [0.1, 0.15) is 0 Å². The summed E-state index contributed by atoms with van der Waals surface area (Å²) in [4.78, 5) is 29.3. The summed E-state index contributed by atoms with van der Waals surface area (Å²) in [5, 5.41) is 12.3. The third kappa shape index (κ3) is 4.63. The van der Waals surface area contributed by atoms with Gasteiger partial charge in [0.05, 0.1) is 6.07 Å². The van der Waals surface area contributed by atoms with Crippen molar-refractivity contribution in [3.8, 4) is 5.88 Å². The second-order valence-electron chi connectivity index (χ2n) is 4.85.